The van der Waals surface area contributed by atoms with E-state index in [4.69, 9.17) is 25.8 Å². The Kier molecular flexibility index (Phi) is 11.9. The van der Waals surface area contributed by atoms with Crippen molar-refractivity contribution in [1.29, 1.82) is 0 Å². The van der Waals surface area contributed by atoms with Gasteiger partial charge in [0.2, 0.25) is 11.8 Å². The van der Waals surface area contributed by atoms with Crippen LogP contribution in [0.2, 0.25) is 5.02 Å². The molecule has 5 rings (SSSR count). The summed E-state index contributed by atoms with van der Waals surface area (Å²) in [5, 5.41) is 16.9. The first-order valence-electron chi connectivity index (χ1n) is 14.3. The number of unbranched alkanes of at least 4 members (excludes halogenated alkanes) is 2. The average Bonchev–Trinajstić information content (AvgIpc) is 3.83. The Morgan fingerprint density at radius 3 is 2.24 bits per heavy atom. The van der Waals surface area contributed by atoms with Gasteiger partial charge in [0.15, 0.2) is 11.5 Å². The SMILES string of the molecule is COc1cc2c(Oc3ccc(NC(=O)C4(C(=O)Nc5ccc(F)cc5)CC4)cc3Cl)ccnc2cc1OCCCCCC(=O)[O-].[Na+]. The van der Waals surface area contributed by atoms with Gasteiger partial charge in [-0.1, -0.05) is 11.6 Å². The Morgan fingerprint density at radius 2 is 1.59 bits per heavy atom. The minimum absolute atomic E-state index is 0. The molecule has 4 aromatic rings. The van der Waals surface area contributed by atoms with Gasteiger partial charge in [0, 0.05) is 35.0 Å². The number of aliphatic carboxylic acids is 1. The molecule has 1 aliphatic carbocycles. The minimum Gasteiger partial charge on any atom is -0.550 e. The molecule has 1 saturated carbocycles. The maximum Gasteiger partial charge on any atom is 1.00 e. The second-order valence-corrected chi connectivity index (χ2v) is 11.0. The third-order valence-corrected chi connectivity index (χ3v) is 7.70. The standard InChI is InChI=1S/C33H31ClFN3O7.Na/c1-43-28-18-23-25(19-29(28)44-16-4-2-3-5-30(39)40)36-15-12-26(23)45-27-11-10-22(17-24(27)34)38-32(42)33(13-14-33)31(41)37-21-8-6-20(35)7-9-21;/h6-12,15,17-19H,2-5,13-14,16H2,1H3,(H,37,41)(H,38,42)(H,39,40);/q;+1/p-1. The number of halogens is 2. The number of amides is 2. The van der Waals surface area contributed by atoms with Crippen LogP contribution in [0.3, 0.4) is 0 Å². The summed E-state index contributed by atoms with van der Waals surface area (Å²) in [5.41, 5.74) is 0.166. The van der Waals surface area contributed by atoms with Crippen molar-refractivity contribution in [3.63, 3.8) is 0 Å². The fraction of sp³-hybridized carbons (Fsp3) is 0.273. The van der Waals surface area contributed by atoms with Crippen molar-refractivity contribution in [2.45, 2.75) is 38.5 Å². The molecule has 1 aromatic heterocycles. The van der Waals surface area contributed by atoms with Gasteiger partial charge in [-0.3, -0.25) is 14.6 Å². The maximum absolute atomic E-state index is 13.2. The largest absolute Gasteiger partial charge is 1.00 e. The van der Waals surface area contributed by atoms with Gasteiger partial charge < -0.3 is 34.7 Å². The number of nitrogens with zero attached hydrogens (tertiary/aromatic N) is 1. The van der Waals surface area contributed by atoms with E-state index in [1.807, 2.05) is 0 Å². The molecular weight excluding hydrogens is 628 g/mol. The third-order valence-electron chi connectivity index (χ3n) is 7.40. The van der Waals surface area contributed by atoms with Crippen LogP contribution >= 0.6 is 11.6 Å². The van der Waals surface area contributed by atoms with E-state index in [1.54, 1.807) is 36.5 Å². The normalized spacial score (nSPS) is 12.8. The number of ether oxygens (including phenoxy) is 3. The summed E-state index contributed by atoms with van der Waals surface area (Å²) in [7, 11) is 1.52. The first-order chi connectivity index (χ1) is 21.7. The number of carbonyl (C=O) groups is 3. The van der Waals surface area contributed by atoms with E-state index in [1.165, 1.54) is 37.4 Å². The number of anilines is 2. The molecule has 10 nitrogen and oxygen atoms in total. The molecule has 0 radical (unpaired) electrons. The molecule has 46 heavy (non-hydrogen) atoms. The van der Waals surface area contributed by atoms with Gasteiger partial charge in [-0.2, -0.15) is 0 Å². The Morgan fingerprint density at radius 1 is 0.891 bits per heavy atom. The van der Waals surface area contributed by atoms with Crippen LogP contribution in [0.1, 0.15) is 38.5 Å². The van der Waals surface area contributed by atoms with Crippen LogP contribution in [0.15, 0.2) is 66.9 Å². The summed E-state index contributed by atoms with van der Waals surface area (Å²) in [4.78, 5) is 40.9. The van der Waals surface area contributed by atoms with Crippen LogP contribution in [0.4, 0.5) is 15.8 Å². The number of pyridine rings is 1. The fourth-order valence-electron chi connectivity index (χ4n) is 4.72. The monoisotopic (exact) mass is 657 g/mol. The summed E-state index contributed by atoms with van der Waals surface area (Å²) in [5.74, 6) is -0.662. The van der Waals surface area contributed by atoms with Crippen LogP contribution in [-0.4, -0.2) is 36.5 Å². The molecule has 0 unspecified atom stereocenters. The van der Waals surface area contributed by atoms with Crippen molar-refractivity contribution < 1.29 is 67.6 Å². The van der Waals surface area contributed by atoms with E-state index in [9.17, 15) is 23.9 Å². The van der Waals surface area contributed by atoms with E-state index in [2.05, 4.69) is 15.6 Å². The van der Waals surface area contributed by atoms with Crippen LogP contribution in [0.5, 0.6) is 23.0 Å². The first kappa shape index (κ1) is 35.0. The van der Waals surface area contributed by atoms with E-state index in [-0.39, 0.29) is 41.0 Å². The zero-order chi connectivity index (χ0) is 32.0. The van der Waals surface area contributed by atoms with Crippen molar-refractivity contribution in [3.8, 4) is 23.0 Å². The van der Waals surface area contributed by atoms with Crippen LogP contribution in [0, 0.1) is 11.2 Å². The zero-order valence-electron chi connectivity index (χ0n) is 25.4. The zero-order valence-corrected chi connectivity index (χ0v) is 28.1. The van der Waals surface area contributed by atoms with Gasteiger partial charge in [0.05, 0.1) is 24.3 Å². The predicted molar refractivity (Wildman–Crippen MR) is 164 cm³/mol. The number of carboxylic acids is 1. The van der Waals surface area contributed by atoms with Crippen molar-refractivity contribution in [2.24, 2.45) is 5.41 Å². The molecule has 0 aliphatic heterocycles. The van der Waals surface area contributed by atoms with Gasteiger partial charge in [-0.25, -0.2) is 4.39 Å². The molecule has 0 atom stereocenters. The summed E-state index contributed by atoms with van der Waals surface area (Å²) >= 11 is 6.54. The second-order valence-electron chi connectivity index (χ2n) is 10.6. The molecule has 0 spiro atoms. The van der Waals surface area contributed by atoms with Gasteiger partial charge >= 0.3 is 29.6 Å². The Bertz CT molecular complexity index is 1730. The van der Waals surface area contributed by atoms with E-state index in [0.29, 0.717) is 84.0 Å². The summed E-state index contributed by atoms with van der Waals surface area (Å²) in [6.07, 6.45) is 4.26. The fourth-order valence-corrected chi connectivity index (χ4v) is 4.94. The number of fused-ring (bicyclic) bond motifs is 1. The number of rotatable bonds is 14. The van der Waals surface area contributed by atoms with Gasteiger partial charge in [-0.05, 0) is 93.1 Å². The molecule has 1 fully saturated rings. The molecule has 2 N–H and O–H groups in total. The van der Waals surface area contributed by atoms with Gasteiger partial charge in [-0.15, -0.1) is 0 Å². The number of carbonyl (C=O) groups excluding carboxylic acids is 3. The Hall–Kier alpha value is -3.90. The third kappa shape index (κ3) is 8.47. The average molecular weight is 658 g/mol. The van der Waals surface area contributed by atoms with Crippen molar-refractivity contribution in [3.05, 3.63) is 77.7 Å². The van der Waals surface area contributed by atoms with Crippen LogP contribution < -0.4 is 59.5 Å². The van der Waals surface area contributed by atoms with Crippen LogP contribution in [-0.2, 0) is 14.4 Å². The molecule has 2 amide bonds. The molecule has 3 aromatic carbocycles. The van der Waals surface area contributed by atoms with E-state index < -0.39 is 29.0 Å². The number of hydrogen-bond acceptors (Lipinski definition) is 8. The summed E-state index contributed by atoms with van der Waals surface area (Å²) in [6.45, 7) is 0.379. The number of benzene rings is 3. The molecular formula is C33H30ClFN3NaO7. The second kappa shape index (κ2) is 15.6. The Labute approximate surface area is 291 Å². The summed E-state index contributed by atoms with van der Waals surface area (Å²) < 4.78 is 30.7. The number of carboxylic acid groups (broad SMARTS) is 1. The smallest absolute Gasteiger partial charge is 0.550 e. The molecule has 13 heteroatoms. The molecule has 234 valence electrons. The molecule has 0 bridgehead atoms. The van der Waals surface area contributed by atoms with Crippen molar-refractivity contribution in [2.75, 3.05) is 24.4 Å². The predicted octanol–water partition coefficient (Wildman–Crippen LogP) is 2.88. The van der Waals surface area contributed by atoms with E-state index >= 15 is 0 Å². The molecule has 1 aliphatic rings. The van der Waals surface area contributed by atoms with Gasteiger partial charge in [0.25, 0.3) is 0 Å². The quantitative estimate of drug-likeness (QED) is 0.120. The van der Waals surface area contributed by atoms with Crippen molar-refractivity contribution in [1.82, 2.24) is 4.98 Å². The van der Waals surface area contributed by atoms with E-state index in [0.717, 1.165) is 0 Å². The summed E-state index contributed by atoms with van der Waals surface area (Å²) in [6, 6.07) is 15.3. The topological polar surface area (TPSA) is 139 Å². The molecule has 0 saturated heterocycles. The Balaban J connectivity index is 0.00000480. The number of hydrogen-bond donors (Lipinski definition) is 2. The number of methoxy groups -OCH3 is 1. The maximum atomic E-state index is 13.2. The van der Waals surface area contributed by atoms with Crippen LogP contribution in [0.25, 0.3) is 10.9 Å². The molecule has 1 heterocycles. The van der Waals surface area contributed by atoms with Crippen molar-refractivity contribution >= 4 is 51.7 Å². The number of aromatic nitrogens is 1. The first-order valence-corrected chi connectivity index (χ1v) is 14.7. The van der Waals surface area contributed by atoms with Gasteiger partial charge in [0.1, 0.15) is 22.7 Å². The minimum atomic E-state index is -1.22. The number of nitrogens with one attached hydrogen (secondary N) is 2.